The molecule has 92 valence electrons. The molecule has 3 aromatic rings. The number of thiazole rings is 1. The highest BCUT2D eigenvalue weighted by Gasteiger charge is 2.03. The van der Waals surface area contributed by atoms with Crippen LogP contribution in [-0.4, -0.2) is 4.98 Å². The molecule has 0 radical (unpaired) electrons. The zero-order valence-electron chi connectivity index (χ0n) is 9.52. The van der Waals surface area contributed by atoms with Gasteiger partial charge in [-0.2, -0.15) is 0 Å². The van der Waals surface area contributed by atoms with Gasteiger partial charge in [-0.15, -0.1) is 11.3 Å². The summed E-state index contributed by atoms with van der Waals surface area (Å²) in [5, 5.41) is 4.79. The molecule has 0 amide bonds. The largest absolute Gasteiger partial charge is 0.448 e. The lowest BCUT2D eigenvalue weighted by Gasteiger charge is -1.98. The maximum Gasteiger partial charge on any atom is 0.193 e. The van der Waals surface area contributed by atoms with Gasteiger partial charge in [-0.1, -0.05) is 12.1 Å². The fourth-order valence-corrected chi connectivity index (χ4v) is 2.83. The molecule has 2 aromatic heterocycles. The number of halogens is 1. The Balaban J connectivity index is 1.62. The van der Waals surface area contributed by atoms with Crippen LogP contribution >= 0.6 is 22.9 Å². The molecule has 0 aliphatic carbocycles. The first kappa shape index (κ1) is 11.7. The Morgan fingerprint density at radius 2 is 2.06 bits per heavy atom. The standard InChI is InChI=1S/C13H11ClN2OS/c14-12-6-5-9(17-12)7-15-8-13-16-10-3-1-2-4-11(10)18-13/h1-6,15H,7-8H2. The summed E-state index contributed by atoms with van der Waals surface area (Å²) in [5.74, 6) is 0.834. The number of furan rings is 1. The number of hydrogen-bond donors (Lipinski definition) is 1. The Hall–Kier alpha value is -1.36. The van der Waals surface area contributed by atoms with Crippen LogP contribution in [0.3, 0.4) is 0 Å². The van der Waals surface area contributed by atoms with Gasteiger partial charge in [0.1, 0.15) is 10.8 Å². The molecule has 0 fully saturated rings. The number of nitrogens with one attached hydrogen (secondary N) is 1. The Morgan fingerprint density at radius 3 is 2.83 bits per heavy atom. The van der Waals surface area contributed by atoms with E-state index in [0.717, 1.165) is 22.8 Å². The number of fused-ring (bicyclic) bond motifs is 1. The third-order valence-electron chi connectivity index (χ3n) is 2.54. The topological polar surface area (TPSA) is 38.1 Å². The molecule has 5 heteroatoms. The van der Waals surface area contributed by atoms with E-state index in [2.05, 4.69) is 16.4 Å². The summed E-state index contributed by atoms with van der Waals surface area (Å²) in [7, 11) is 0. The molecular weight excluding hydrogens is 268 g/mol. The molecule has 0 atom stereocenters. The highest BCUT2D eigenvalue weighted by Crippen LogP contribution is 2.21. The van der Waals surface area contributed by atoms with E-state index in [1.807, 2.05) is 24.3 Å². The van der Waals surface area contributed by atoms with E-state index in [1.165, 1.54) is 4.70 Å². The monoisotopic (exact) mass is 278 g/mol. The number of nitrogens with zero attached hydrogens (tertiary/aromatic N) is 1. The Bertz CT molecular complexity index is 629. The minimum atomic E-state index is 0.423. The van der Waals surface area contributed by atoms with Gasteiger partial charge in [-0.3, -0.25) is 0 Å². The van der Waals surface area contributed by atoms with Gasteiger partial charge < -0.3 is 9.73 Å². The molecule has 3 nitrogen and oxygen atoms in total. The zero-order chi connectivity index (χ0) is 12.4. The molecule has 18 heavy (non-hydrogen) atoms. The van der Waals surface area contributed by atoms with Gasteiger partial charge in [-0.05, 0) is 35.9 Å². The van der Waals surface area contributed by atoms with E-state index < -0.39 is 0 Å². The summed E-state index contributed by atoms with van der Waals surface area (Å²) in [6.07, 6.45) is 0. The normalized spacial score (nSPS) is 11.2. The fraction of sp³-hybridized carbons (Fsp3) is 0.154. The molecule has 0 aliphatic rings. The van der Waals surface area contributed by atoms with Crippen molar-refractivity contribution in [2.45, 2.75) is 13.1 Å². The Kier molecular flexibility index (Phi) is 3.32. The van der Waals surface area contributed by atoms with Crippen molar-refractivity contribution in [2.24, 2.45) is 0 Å². The van der Waals surface area contributed by atoms with Gasteiger partial charge in [0, 0.05) is 6.54 Å². The van der Waals surface area contributed by atoms with Gasteiger partial charge in [0.25, 0.3) is 0 Å². The van der Waals surface area contributed by atoms with Crippen LogP contribution in [-0.2, 0) is 13.1 Å². The van der Waals surface area contributed by atoms with Crippen LogP contribution in [0.5, 0.6) is 0 Å². The third-order valence-corrected chi connectivity index (χ3v) is 3.78. The van der Waals surface area contributed by atoms with Crippen LogP contribution in [0, 0.1) is 0 Å². The predicted octanol–water partition coefficient (Wildman–Crippen LogP) is 3.83. The van der Waals surface area contributed by atoms with Crippen molar-refractivity contribution in [1.29, 1.82) is 0 Å². The first-order chi connectivity index (χ1) is 8.81. The summed E-state index contributed by atoms with van der Waals surface area (Å²) < 4.78 is 6.48. The lowest BCUT2D eigenvalue weighted by molar-refractivity contribution is 0.484. The van der Waals surface area contributed by atoms with Crippen LogP contribution in [0.1, 0.15) is 10.8 Å². The van der Waals surface area contributed by atoms with Crippen molar-refractivity contribution in [1.82, 2.24) is 10.3 Å². The first-order valence-corrected chi connectivity index (χ1v) is 6.80. The SMILES string of the molecule is Clc1ccc(CNCc2nc3ccccc3s2)o1. The minimum absolute atomic E-state index is 0.423. The Labute approximate surface area is 113 Å². The second-order valence-corrected chi connectivity index (χ2v) is 5.37. The molecule has 0 saturated heterocycles. The molecule has 0 unspecified atom stereocenters. The second kappa shape index (κ2) is 5.10. The number of rotatable bonds is 4. The fourth-order valence-electron chi connectivity index (χ4n) is 1.73. The first-order valence-electron chi connectivity index (χ1n) is 5.60. The second-order valence-electron chi connectivity index (χ2n) is 3.88. The molecule has 0 bridgehead atoms. The molecule has 0 saturated carbocycles. The summed E-state index contributed by atoms with van der Waals surface area (Å²) in [4.78, 5) is 4.55. The van der Waals surface area contributed by atoms with E-state index in [-0.39, 0.29) is 0 Å². The summed E-state index contributed by atoms with van der Waals surface area (Å²) >= 11 is 7.41. The van der Waals surface area contributed by atoms with E-state index in [1.54, 1.807) is 17.4 Å². The smallest absolute Gasteiger partial charge is 0.193 e. The predicted molar refractivity (Wildman–Crippen MR) is 73.9 cm³/mol. The summed E-state index contributed by atoms with van der Waals surface area (Å²) in [6.45, 7) is 1.39. The van der Waals surface area contributed by atoms with Crippen molar-refractivity contribution in [3.8, 4) is 0 Å². The minimum Gasteiger partial charge on any atom is -0.448 e. The molecule has 2 heterocycles. The lowest BCUT2D eigenvalue weighted by atomic mass is 10.3. The molecule has 1 N–H and O–H groups in total. The van der Waals surface area contributed by atoms with Gasteiger partial charge in [0.15, 0.2) is 5.22 Å². The number of para-hydroxylation sites is 1. The average molecular weight is 279 g/mol. The molecule has 0 aliphatic heterocycles. The molecular formula is C13H11ClN2OS. The van der Waals surface area contributed by atoms with Crippen molar-refractivity contribution >= 4 is 33.2 Å². The van der Waals surface area contributed by atoms with Crippen LogP contribution in [0.4, 0.5) is 0 Å². The van der Waals surface area contributed by atoms with Crippen molar-refractivity contribution in [3.63, 3.8) is 0 Å². The zero-order valence-corrected chi connectivity index (χ0v) is 11.1. The van der Waals surface area contributed by atoms with Crippen LogP contribution in [0.2, 0.25) is 5.22 Å². The van der Waals surface area contributed by atoms with Crippen LogP contribution in [0.25, 0.3) is 10.2 Å². The number of benzene rings is 1. The Morgan fingerprint density at radius 1 is 1.17 bits per heavy atom. The number of hydrogen-bond acceptors (Lipinski definition) is 4. The summed E-state index contributed by atoms with van der Waals surface area (Å²) in [6, 6.07) is 11.8. The van der Waals surface area contributed by atoms with E-state index >= 15 is 0 Å². The highest BCUT2D eigenvalue weighted by atomic mass is 35.5. The van der Waals surface area contributed by atoms with E-state index in [0.29, 0.717) is 11.8 Å². The van der Waals surface area contributed by atoms with E-state index in [9.17, 15) is 0 Å². The molecule has 0 spiro atoms. The highest BCUT2D eigenvalue weighted by molar-refractivity contribution is 7.18. The van der Waals surface area contributed by atoms with Crippen molar-refractivity contribution in [2.75, 3.05) is 0 Å². The molecule has 1 aromatic carbocycles. The molecule has 3 rings (SSSR count). The van der Waals surface area contributed by atoms with Gasteiger partial charge in [0.05, 0.1) is 16.8 Å². The lowest BCUT2D eigenvalue weighted by Crippen LogP contribution is -2.11. The van der Waals surface area contributed by atoms with Gasteiger partial charge >= 0.3 is 0 Å². The number of aromatic nitrogens is 1. The van der Waals surface area contributed by atoms with Gasteiger partial charge in [0.2, 0.25) is 0 Å². The average Bonchev–Trinajstić information content (AvgIpc) is 2.95. The maximum absolute atomic E-state index is 5.71. The van der Waals surface area contributed by atoms with Crippen LogP contribution < -0.4 is 5.32 Å². The van der Waals surface area contributed by atoms with E-state index in [4.69, 9.17) is 16.0 Å². The summed E-state index contributed by atoms with van der Waals surface area (Å²) in [5.41, 5.74) is 1.06. The third kappa shape index (κ3) is 2.56. The maximum atomic E-state index is 5.71. The van der Waals surface area contributed by atoms with Crippen LogP contribution in [0.15, 0.2) is 40.8 Å². The van der Waals surface area contributed by atoms with Crippen molar-refractivity contribution < 1.29 is 4.42 Å². The quantitative estimate of drug-likeness (QED) is 0.788. The van der Waals surface area contributed by atoms with Crippen molar-refractivity contribution in [3.05, 3.63) is 52.4 Å². The van der Waals surface area contributed by atoms with Gasteiger partial charge in [-0.25, -0.2) is 4.98 Å².